The minimum Gasteiger partial charge on any atom is -0.481 e. The quantitative estimate of drug-likeness (QED) is 0.356. The van der Waals surface area contributed by atoms with Crippen molar-refractivity contribution in [1.29, 1.82) is 10.8 Å². The maximum atomic E-state index is 14.6. The second-order valence-corrected chi connectivity index (χ2v) is 9.37. The number of aryl methyl sites for hydroxylation is 2. The SMILES string of the molecule is COC(=N)/C=C\C(=N)n1c(=O)c2c(C)c(-c3ccc(C)cc3)sc2n(CC2=C(F)CCC=C2F)c1=O. The Morgan fingerprint density at radius 1 is 1.14 bits per heavy atom. The monoisotopic (exact) mass is 510 g/mol. The third-order valence-electron chi connectivity index (χ3n) is 6.00. The molecule has 7 nitrogen and oxygen atoms in total. The highest BCUT2D eigenvalue weighted by Crippen LogP contribution is 2.37. The summed E-state index contributed by atoms with van der Waals surface area (Å²) in [5.74, 6) is -2.17. The van der Waals surface area contributed by atoms with E-state index in [-0.39, 0.29) is 34.5 Å². The first-order valence-corrected chi connectivity index (χ1v) is 11.9. The van der Waals surface area contributed by atoms with Gasteiger partial charge in [-0.2, -0.15) is 0 Å². The Morgan fingerprint density at radius 3 is 2.47 bits per heavy atom. The molecule has 10 heteroatoms. The van der Waals surface area contributed by atoms with E-state index in [0.29, 0.717) is 10.1 Å². The minimum absolute atomic E-state index is 0.0239. The smallest absolute Gasteiger partial charge is 0.338 e. The third-order valence-corrected chi connectivity index (χ3v) is 7.36. The number of halogens is 2. The molecule has 1 aliphatic rings. The lowest BCUT2D eigenvalue weighted by Crippen LogP contribution is -2.43. The number of allylic oxidation sites excluding steroid dienone is 5. The topological polar surface area (TPSA) is 101 Å². The Kier molecular flexibility index (Phi) is 6.98. The lowest BCUT2D eigenvalue weighted by molar-refractivity contribution is 0.403. The second-order valence-electron chi connectivity index (χ2n) is 8.37. The van der Waals surface area contributed by atoms with E-state index in [2.05, 4.69) is 0 Å². The predicted octanol–water partition coefficient (Wildman–Crippen LogP) is 5.38. The number of hydrogen-bond donors (Lipinski definition) is 2. The summed E-state index contributed by atoms with van der Waals surface area (Å²) in [6.45, 7) is 3.27. The van der Waals surface area contributed by atoms with Crippen molar-refractivity contribution in [1.82, 2.24) is 9.13 Å². The number of fused-ring (bicyclic) bond motifs is 1. The van der Waals surface area contributed by atoms with Gasteiger partial charge in [0.25, 0.3) is 5.56 Å². The van der Waals surface area contributed by atoms with E-state index in [9.17, 15) is 18.4 Å². The molecule has 0 spiro atoms. The molecule has 3 aromatic rings. The molecule has 4 rings (SSSR count). The maximum absolute atomic E-state index is 14.6. The summed E-state index contributed by atoms with van der Waals surface area (Å²) in [5, 5.41) is 16.1. The van der Waals surface area contributed by atoms with Crippen LogP contribution in [0.15, 0.2) is 69.3 Å². The first-order valence-electron chi connectivity index (χ1n) is 11.1. The second kappa shape index (κ2) is 9.98. The highest BCUT2D eigenvalue weighted by Gasteiger charge is 2.25. The van der Waals surface area contributed by atoms with E-state index in [1.165, 1.54) is 24.5 Å². The molecule has 0 bridgehead atoms. The Bertz CT molecular complexity index is 1610. The van der Waals surface area contributed by atoms with Crippen LogP contribution in [-0.2, 0) is 11.3 Å². The average molecular weight is 511 g/mol. The Balaban J connectivity index is 2.02. The predicted molar refractivity (Wildman–Crippen MR) is 139 cm³/mol. The van der Waals surface area contributed by atoms with E-state index >= 15 is 0 Å². The van der Waals surface area contributed by atoms with Gasteiger partial charge in [0.15, 0.2) is 0 Å². The van der Waals surface area contributed by atoms with Gasteiger partial charge in [-0.05, 0) is 43.5 Å². The molecular formula is C26H24F2N4O3S. The molecule has 1 aromatic carbocycles. The zero-order valence-corrected chi connectivity index (χ0v) is 20.8. The molecule has 2 heterocycles. The molecule has 0 unspecified atom stereocenters. The molecule has 0 amide bonds. The standard InChI is InChI=1S/C26H24F2N4O3S/c1-14-7-9-16(10-8-14)23-15(2)22-24(33)32(20(29)11-12-21(30)35-3)26(34)31(25(22)36-23)13-17-18(27)5-4-6-19(17)28/h5,7-12,29-30H,4,6,13H2,1-3H3/b12-11-,29-20?,30-21?. The fourth-order valence-corrected chi connectivity index (χ4v) is 5.32. The lowest BCUT2D eigenvalue weighted by atomic mass is 10.0. The van der Waals surface area contributed by atoms with Crippen LogP contribution in [0.5, 0.6) is 0 Å². The lowest BCUT2D eigenvalue weighted by Gasteiger charge is -2.16. The van der Waals surface area contributed by atoms with Crippen molar-refractivity contribution in [3.8, 4) is 10.4 Å². The third kappa shape index (κ3) is 4.51. The molecule has 0 saturated heterocycles. The van der Waals surface area contributed by atoms with Crippen LogP contribution in [0.25, 0.3) is 20.7 Å². The normalized spacial score (nSPS) is 14.0. The Labute approximate surface area is 209 Å². The average Bonchev–Trinajstić information content (AvgIpc) is 3.19. The van der Waals surface area contributed by atoms with Gasteiger partial charge >= 0.3 is 5.69 Å². The summed E-state index contributed by atoms with van der Waals surface area (Å²) < 4.78 is 35.7. The van der Waals surface area contributed by atoms with Crippen molar-refractivity contribution in [2.45, 2.75) is 33.2 Å². The highest BCUT2D eigenvalue weighted by atomic mass is 32.1. The van der Waals surface area contributed by atoms with Crippen molar-refractivity contribution in [2.75, 3.05) is 7.11 Å². The molecule has 2 aromatic heterocycles. The number of aromatic nitrogens is 2. The first kappa shape index (κ1) is 25.2. The van der Waals surface area contributed by atoms with Gasteiger partial charge in [0.2, 0.25) is 5.90 Å². The number of thiophene rings is 1. The summed E-state index contributed by atoms with van der Waals surface area (Å²) >= 11 is 1.19. The van der Waals surface area contributed by atoms with Crippen LogP contribution >= 0.6 is 11.3 Å². The van der Waals surface area contributed by atoms with Crippen LogP contribution in [0.1, 0.15) is 24.0 Å². The molecule has 2 N–H and O–H groups in total. The highest BCUT2D eigenvalue weighted by molar-refractivity contribution is 7.22. The molecule has 0 radical (unpaired) electrons. The van der Waals surface area contributed by atoms with E-state index < -0.39 is 35.3 Å². The van der Waals surface area contributed by atoms with Crippen LogP contribution in [0.3, 0.4) is 0 Å². The summed E-state index contributed by atoms with van der Waals surface area (Å²) in [6, 6.07) is 7.66. The van der Waals surface area contributed by atoms with Gasteiger partial charge in [-0.15, -0.1) is 11.3 Å². The molecule has 0 atom stereocenters. The van der Waals surface area contributed by atoms with Gasteiger partial charge in [-0.1, -0.05) is 29.8 Å². The van der Waals surface area contributed by atoms with Gasteiger partial charge < -0.3 is 4.74 Å². The summed E-state index contributed by atoms with van der Waals surface area (Å²) in [6.07, 6.45) is 3.74. The number of benzene rings is 1. The molecule has 186 valence electrons. The van der Waals surface area contributed by atoms with Crippen molar-refractivity contribution in [2.24, 2.45) is 0 Å². The maximum Gasteiger partial charge on any atom is 0.338 e. The minimum atomic E-state index is -0.901. The number of nitrogens with zero attached hydrogens (tertiary/aromatic N) is 2. The van der Waals surface area contributed by atoms with Crippen molar-refractivity contribution in [3.63, 3.8) is 0 Å². The number of hydrogen-bond acceptors (Lipinski definition) is 6. The van der Waals surface area contributed by atoms with E-state index in [0.717, 1.165) is 32.7 Å². The van der Waals surface area contributed by atoms with Crippen LogP contribution in [0.4, 0.5) is 8.78 Å². The van der Waals surface area contributed by atoms with Gasteiger partial charge in [0.05, 0.1) is 19.0 Å². The van der Waals surface area contributed by atoms with Gasteiger partial charge in [0, 0.05) is 22.9 Å². The molecule has 0 fully saturated rings. The van der Waals surface area contributed by atoms with E-state index in [4.69, 9.17) is 15.6 Å². The molecule has 0 aliphatic heterocycles. The van der Waals surface area contributed by atoms with Crippen molar-refractivity contribution in [3.05, 3.63) is 91.7 Å². The fourth-order valence-electron chi connectivity index (χ4n) is 4.02. The molecular weight excluding hydrogens is 486 g/mol. The number of ether oxygens (including phenoxy) is 1. The van der Waals surface area contributed by atoms with Gasteiger partial charge in [-0.3, -0.25) is 20.2 Å². The fraction of sp³-hybridized carbons (Fsp3) is 0.231. The van der Waals surface area contributed by atoms with Crippen LogP contribution in [-0.4, -0.2) is 28.0 Å². The number of rotatable bonds is 5. The van der Waals surface area contributed by atoms with Gasteiger partial charge in [-0.25, -0.2) is 18.1 Å². The summed E-state index contributed by atoms with van der Waals surface area (Å²) in [4.78, 5) is 28.1. The number of nitrogens with one attached hydrogen (secondary N) is 2. The van der Waals surface area contributed by atoms with Crippen molar-refractivity contribution < 1.29 is 13.5 Å². The first-order chi connectivity index (χ1) is 17.1. The molecule has 0 saturated carbocycles. The largest absolute Gasteiger partial charge is 0.481 e. The zero-order chi connectivity index (χ0) is 26.1. The Morgan fingerprint density at radius 2 is 1.83 bits per heavy atom. The Hall–Kier alpha value is -3.92. The van der Waals surface area contributed by atoms with E-state index in [1.54, 1.807) is 6.92 Å². The number of methoxy groups -OCH3 is 1. The zero-order valence-electron chi connectivity index (χ0n) is 19.9. The molecule has 36 heavy (non-hydrogen) atoms. The molecule has 1 aliphatic carbocycles. The van der Waals surface area contributed by atoms with Crippen LogP contribution in [0.2, 0.25) is 0 Å². The summed E-state index contributed by atoms with van der Waals surface area (Å²) in [5.41, 5.74) is 0.623. The van der Waals surface area contributed by atoms with Crippen LogP contribution < -0.4 is 11.2 Å². The van der Waals surface area contributed by atoms with Crippen LogP contribution in [0, 0.1) is 24.7 Å². The van der Waals surface area contributed by atoms with Crippen molar-refractivity contribution >= 4 is 33.3 Å². The summed E-state index contributed by atoms with van der Waals surface area (Å²) in [7, 11) is 1.28. The van der Waals surface area contributed by atoms with Gasteiger partial charge in [0.1, 0.15) is 22.3 Å². The van der Waals surface area contributed by atoms with E-state index in [1.807, 2.05) is 31.2 Å².